The third-order valence-corrected chi connectivity index (χ3v) is 4.26. The van der Waals surface area contributed by atoms with Crippen LogP contribution in [0.3, 0.4) is 0 Å². The van der Waals surface area contributed by atoms with Crippen LogP contribution in [0.2, 0.25) is 0 Å². The summed E-state index contributed by atoms with van der Waals surface area (Å²) in [6.07, 6.45) is 3.12. The van der Waals surface area contributed by atoms with Crippen molar-refractivity contribution in [2.45, 2.75) is 43.9 Å². The van der Waals surface area contributed by atoms with E-state index < -0.39 is 5.97 Å². The summed E-state index contributed by atoms with van der Waals surface area (Å²) >= 11 is 0. The lowest BCUT2D eigenvalue weighted by Gasteiger charge is -2.40. The van der Waals surface area contributed by atoms with Crippen LogP contribution in [0, 0.1) is 0 Å². The van der Waals surface area contributed by atoms with Gasteiger partial charge < -0.3 is 20.8 Å². The lowest BCUT2D eigenvalue weighted by atomic mass is 9.97. The van der Waals surface area contributed by atoms with Crippen LogP contribution in [0.4, 0.5) is 11.4 Å². The van der Waals surface area contributed by atoms with Crippen LogP contribution in [-0.4, -0.2) is 34.4 Å². The Balaban J connectivity index is 2.06. The fourth-order valence-corrected chi connectivity index (χ4v) is 3.54. The first-order valence-electron chi connectivity index (χ1n) is 6.66. The van der Waals surface area contributed by atoms with Gasteiger partial charge >= 0.3 is 5.97 Å². The van der Waals surface area contributed by atoms with E-state index in [2.05, 4.69) is 4.90 Å². The molecule has 2 bridgehead atoms. The van der Waals surface area contributed by atoms with Crippen molar-refractivity contribution in [2.24, 2.45) is 0 Å². The summed E-state index contributed by atoms with van der Waals surface area (Å²) in [5, 5.41) is 19.2. The smallest absolute Gasteiger partial charge is 0.337 e. The first-order chi connectivity index (χ1) is 9.08. The third kappa shape index (κ3) is 1.94. The number of benzene rings is 1. The molecule has 2 unspecified atom stereocenters. The number of aliphatic hydroxyl groups excluding tert-OH is 1. The quantitative estimate of drug-likeness (QED) is 0.702. The van der Waals surface area contributed by atoms with Crippen LogP contribution in [0.5, 0.6) is 0 Å². The molecule has 1 aromatic carbocycles. The van der Waals surface area contributed by atoms with Crippen molar-refractivity contribution in [3.05, 3.63) is 23.8 Å². The number of nitrogen functional groups attached to an aromatic ring is 1. The molecule has 2 atom stereocenters. The summed E-state index contributed by atoms with van der Waals surface area (Å²) in [6.45, 7) is 0. The van der Waals surface area contributed by atoms with Crippen molar-refractivity contribution in [1.82, 2.24) is 0 Å². The van der Waals surface area contributed by atoms with Gasteiger partial charge in [-0.25, -0.2) is 4.79 Å². The molecule has 0 aromatic heterocycles. The van der Waals surface area contributed by atoms with E-state index >= 15 is 0 Å². The zero-order valence-electron chi connectivity index (χ0n) is 10.6. The standard InChI is InChI=1S/C14H18N2O3/c15-12-3-1-2-11(14(18)19)13(12)16-8-4-5-9(16)7-10(17)6-8/h1-3,8-10,17H,4-7,15H2,(H,18,19). The van der Waals surface area contributed by atoms with Crippen molar-refractivity contribution < 1.29 is 15.0 Å². The Morgan fingerprint density at radius 1 is 1.26 bits per heavy atom. The van der Waals surface area contributed by atoms with Gasteiger partial charge in [-0.05, 0) is 37.8 Å². The van der Waals surface area contributed by atoms with Crippen LogP contribution in [0.1, 0.15) is 36.0 Å². The molecule has 2 heterocycles. The number of hydrogen-bond acceptors (Lipinski definition) is 4. The first-order valence-corrected chi connectivity index (χ1v) is 6.66. The van der Waals surface area contributed by atoms with Crippen molar-refractivity contribution in [3.63, 3.8) is 0 Å². The number of carbonyl (C=O) groups is 1. The van der Waals surface area contributed by atoms with E-state index in [9.17, 15) is 15.0 Å². The monoisotopic (exact) mass is 262 g/mol. The highest BCUT2D eigenvalue weighted by molar-refractivity contribution is 5.98. The van der Waals surface area contributed by atoms with Crippen LogP contribution in [0.25, 0.3) is 0 Å². The molecule has 0 amide bonds. The highest BCUT2D eigenvalue weighted by Crippen LogP contribution is 2.43. The fourth-order valence-electron chi connectivity index (χ4n) is 3.54. The molecule has 2 fully saturated rings. The predicted octanol–water partition coefficient (Wildman–Crippen LogP) is 1.46. The molecule has 4 N–H and O–H groups in total. The summed E-state index contributed by atoms with van der Waals surface area (Å²) < 4.78 is 0. The van der Waals surface area contributed by atoms with E-state index in [1.807, 2.05) is 0 Å². The molecule has 5 nitrogen and oxygen atoms in total. The first kappa shape index (κ1) is 12.3. The number of para-hydroxylation sites is 1. The Kier molecular flexibility index (Phi) is 2.86. The molecule has 0 saturated carbocycles. The lowest BCUT2D eigenvalue weighted by Crippen LogP contribution is -2.45. The Morgan fingerprint density at radius 3 is 2.47 bits per heavy atom. The maximum absolute atomic E-state index is 11.4. The van der Waals surface area contributed by atoms with Crippen LogP contribution < -0.4 is 10.6 Å². The Morgan fingerprint density at radius 2 is 1.89 bits per heavy atom. The second kappa shape index (κ2) is 4.42. The fraction of sp³-hybridized carbons (Fsp3) is 0.500. The van der Waals surface area contributed by atoms with Gasteiger partial charge in [-0.2, -0.15) is 0 Å². The molecule has 0 spiro atoms. The Labute approximate surface area is 111 Å². The molecule has 3 rings (SSSR count). The number of aromatic carboxylic acids is 1. The second-order valence-electron chi connectivity index (χ2n) is 5.47. The highest BCUT2D eigenvalue weighted by Gasteiger charge is 2.42. The van der Waals surface area contributed by atoms with Gasteiger partial charge in [-0.3, -0.25) is 0 Å². The average molecular weight is 262 g/mol. The number of nitrogens with zero attached hydrogens (tertiary/aromatic N) is 1. The zero-order valence-corrected chi connectivity index (χ0v) is 10.6. The molecule has 2 saturated heterocycles. The molecular formula is C14H18N2O3. The number of carboxylic acid groups (broad SMARTS) is 1. The summed E-state index contributed by atoms with van der Waals surface area (Å²) in [7, 11) is 0. The van der Waals surface area contributed by atoms with E-state index in [4.69, 9.17) is 5.73 Å². The van der Waals surface area contributed by atoms with Gasteiger partial charge in [0.1, 0.15) is 0 Å². The predicted molar refractivity (Wildman–Crippen MR) is 72.3 cm³/mol. The molecule has 2 aliphatic rings. The van der Waals surface area contributed by atoms with E-state index in [0.29, 0.717) is 24.2 Å². The number of carboxylic acids is 1. The van der Waals surface area contributed by atoms with E-state index in [1.54, 1.807) is 18.2 Å². The van der Waals surface area contributed by atoms with Gasteiger partial charge in [-0.15, -0.1) is 0 Å². The van der Waals surface area contributed by atoms with Crippen molar-refractivity contribution in [2.75, 3.05) is 10.6 Å². The summed E-state index contributed by atoms with van der Waals surface area (Å²) in [5.41, 5.74) is 7.41. The molecule has 0 radical (unpaired) electrons. The maximum atomic E-state index is 11.4. The summed E-state index contributed by atoms with van der Waals surface area (Å²) in [5.74, 6) is -0.951. The number of rotatable bonds is 2. The molecule has 102 valence electrons. The average Bonchev–Trinajstić information content (AvgIpc) is 2.61. The number of hydrogen-bond donors (Lipinski definition) is 3. The number of anilines is 2. The van der Waals surface area contributed by atoms with Crippen LogP contribution in [-0.2, 0) is 0 Å². The van der Waals surface area contributed by atoms with Crippen LogP contribution >= 0.6 is 0 Å². The number of fused-ring (bicyclic) bond motifs is 2. The van der Waals surface area contributed by atoms with E-state index in [0.717, 1.165) is 12.8 Å². The molecule has 2 aliphatic heterocycles. The second-order valence-corrected chi connectivity index (χ2v) is 5.47. The van der Waals surface area contributed by atoms with Gasteiger partial charge in [0.2, 0.25) is 0 Å². The largest absolute Gasteiger partial charge is 0.478 e. The van der Waals surface area contributed by atoms with Crippen molar-refractivity contribution in [3.8, 4) is 0 Å². The summed E-state index contributed by atoms with van der Waals surface area (Å²) in [6, 6.07) is 5.42. The Bertz CT molecular complexity index is 503. The van der Waals surface area contributed by atoms with Gasteiger partial charge in [0.25, 0.3) is 0 Å². The van der Waals surface area contributed by atoms with Gasteiger partial charge in [0.15, 0.2) is 0 Å². The number of aliphatic hydroxyl groups is 1. The normalized spacial score (nSPS) is 29.5. The molecular weight excluding hydrogens is 244 g/mol. The topological polar surface area (TPSA) is 86.8 Å². The summed E-state index contributed by atoms with van der Waals surface area (Å²) in [4.78, 5) is 13.5. The highest BCUT2D eigenvalue weighted by atomic mass is 16.4. The van der Waals surface area contributed by atoms with E-state index in [-0.39, 0.29) is 23.8 Å². The van der Waals surface area contributed by atoms with Gasteiger partial charge in [0.05, 0.1) is 23.0 Å². The molecule has 5 heteroatoms. The Hall–Kier alpha value is -1.75. The minimum atomic E-state index is -0.951. The molecule has 19 heavy (non-hydrogen) atoms. The lowest BCUT2D eigenvalue weighted by molar-refractivity contribution is 0.0697. The van der Waals surface area contributed by atoms with Gasteiger partial charge in [0, 0.05) is 12.1 Å². The minimum absolute atomic E-state index is 0.205. The maximum Gasteiger partial charge on any atom is 0.337 e. The molecule has 0 aliphatic carbocycles. The van der Waals surface area contributed by atoms with E-state index in [1.165, 1.54) is 0 Å². The number of piperidine rings is 1. The van der Waals surface area contributed by atoms with Crippen molar-refractivity contribution >= 4 is 17.3 Å². The van der Waals surface area contributed by atoms with Crippen LogP contribution in [0.15, 0.2) is 18.2 Å². The van der Waals surface area contributed by atoms with Gasteiger partial charge in [-0.1, -0.05) is 6.07 Å². The number of nitrogens with two attached hydrogens (primary N) is 1. The minimum Gasteiger partial charge on any atom is -0.478 e. The van der Waals surface area contributed by atoms with Crippen molar-refractivity contribution in [1.29, 1.82) is 0 Å². The SMILES string of the molecule is Nc1cccc(C(=O)O)c1N1C2CCC1CC(O)C2. The third-order valence-electron chi connectivity index (χ3n) is 4.26. The zero-order chi connectivity index (χ0) is 13.6. The molecule has 1 aromatic rings.